The third-order valence-electron chi connectivity index (χ3n) is 2.87. The lowest BCUT2D eigenvalue weighted by Gasteiger charge is -2.06. The SMILES string of the molecule is CCCCCCCC(=O)n1c(C)cc(=O)[nH]c1=O. The van der Waals surface area contributed by atoms with Gasteiger partial charge in [-0.3, -0.25) is 14.6 Å². The van der Waals surface area contributed by atoms with Crippen molar-refractivity contribution in [2.24, 2.45) is 0 Å². The molecule has 0 spiro atoms. The Balaban J connectivity index is 2.62. The number of aromatic nitrogens is 2. The van der Waals surface area contributed by atoms with E-state index in [0.29, 0.717) is 12.1 Å². The Kier molecular flexibility index (Phi) is 5.55. The maximum atomic E-state index is 11.9. The molecule has 1 N–H and O–H groups in total. The summed E-state index contributed by atoms with van der Waals surface area (Å²) in [5.74, 6) is -0.245. The number of carbonyl (C=O) groups is 1. The summed E-state index contributed by atoms with van der Waals surface area (Å²) in [6.45, 7) is 3.72. The van der Waals surface area contributed by atoms with Crippen LogP contribution in [0.25, 0.3) is 0 Å². The Hall–Kier alpha value is -1.65. The minimum Gasteiger partial charge on any atom is -0.274 e. The van der Waals surface area contributed by atoms with Gasteiger partial charge in [-0.2, -0.15) is 0 Å². The van der Waals surface area contributed by atoms with Gasteiger partial charge >= 0.3 is 5.69 Å². The first-order chi connectivity index (χ1) is 8.56. The largest absolute Gasteiger partial charge is 0.335 e. The molecule has 0 aliphatic rings. The van der Waals surface area contributed by atoms with Gasteiger partial charge in [-0.1, -0.05) is 32.6 Å². The second-order valence-corrected chi connectivity index (χ2v) is 4.47. The van der Waals surface area contributed by atoms with Crippen molar-refractivity contribution in [1.82, 2.24) is 9.55 Å². The van der Waals surface area contributed by atoms with E-state index >= 15 is 0 Å². The fourth-order valence-corrected chi connectivity index (χ4v) is 1.91. The number of hydrogen-bond donors (Lipinski definition) is 1. The van der Waals surface area contributed by atoms with Crippen LogP contribution in [-0.4, -0.2) is 15.5 Å². The molecule has 0 saturated heterocycles. The van der Waals surface area contributed by atoms with Crippen molar-refractivity contribution in [2.75, 3.05) is 0 Å². The zero-order chi connectivity index (χ0) is 13.5. The molecule has 1 heterocycles. The van der Waals surface area contributed by atoms with Gasteiger partial charge in [0.05, 0.1) is 0 Å². The summed E-state index contributed by atoms with van der Waals surface area (Å²) in [7, 11) is 0. The molecule has 0 radical (unpaired) electrons. The molecule has 0 unspecified atom stereocenters. The lowest BCUT2D eigenvalue weighted by Crippen LogP contribution is -2.35. The molecule has 0 fully saturated rings. The first-order valence-electron chi connectivity index (χ1n) is 6.42. The van der Waals surface area contributed by atoms with Crippen molar-refractivity contribution < 1.29 is 4.79 Å². The van der Waals surface area contributed by atoms with Crippen molar-refractivity contribution >= 4 is 5.91 Å². The van der Waals surface area contributed by atoms with Crippen LogP contribution < -0.4 is 11.2 Å². The molecule has 5 heteroatoms. The van der Waals surface area contributed by atoms with E-state index in [-0.39, 0.29) is 5.91 Å². The maximum Gasteiger partial charge on any atom is 0.335 e. The van der Waals surface area contributed by atoms with E-state index in [2.05, 4.69) is 11.9 Å². The number of hydrogen-bond acceptors (Lipinski definition) is 3. The van der Waals surface area contributed by atoms with Crippen molar-refractivity contribution in [3.8, 4) is 0 Å². The molecule has 1 rings (SSSR count). The zero-order valence-electron chi connectivity index (χ0n) is 11.0. The standard InChI is InChI=1S/C13H20N2O3/c1-3-4-5-6-7-8-12(17)15-10(2)9-11(16)14-13(15)18/h9H,3-8H2,1-2H3,(H,14,16,18). The van der Waals surface area contributed by atoms with E-state index in [1.807, 2.05) is 0 Å². The number of carbonyl (C=O) groups excluding carboxylic acids is 1. The van der Waals surface area contributed by atoms with Crippen molar-refractivity contribution in [3.63, 3.8) is 0 Å². The van der Waals surface area contributed by atoms with Gasteiger partial charge in [0.15, 0.2) is 0 Å². The molecule has 0 aromatic carbocycles. The second-order valence-electron chi connectivity index (χ2n) is 4.47. The minimum atomic E-state index is -0.640. The predicted octanol–water partition coefficient (Wildman–Crippen LogP) is 1.85. The number of rotatable bonds is 6. The molecule has 0 saturated carbocycles. The van der Waals surface area contributed by atoms with Crippen LogP contribution in [0.3, 0.4) is 0 Å². The van der Waals surface area contributed by atoms with Crippen LogP contribution in [0.4, 0.5) is 0 Å². The molecule has 18 heavy (non-hydrogen) atoms. The van der Waals surface area contributed by atoms with Crippen molar-refractivity contribution in [1.29, 1.82) is 0 Å². The Labute approximate surface area is 106 Å². The van der Waals surface area contributed by atoms with Crippen LogP contribution >= 0.6 is 0 Å². The normalized spacial score (nSPS) is 10.6. The quantitative estimate of drug-likeness (QED) is 0.785. The molecule has 1 aromatic rings. The number of H-pyrrole nitrogens is 1. The van der Waals surface area contributed by atoms with Crippen LogP contribution in [0, 0.1) is 6.92 Å². The first-order valence-corrected chi connectivity index (χ1v) is 6.42. The van der Waals surface area contributed by atoms with E-state index < -0.39 is 11.2 Å². The van der Waals surface area contributed by atoms with Gasteiger partial charge in [-0.15, -0.1) is 0 Å². The average Bonchev–Trinajstić information content (AvgIpc) is 2.27. The Morgan fingerprint density at radius 2 is 1.89 bits per heavy atom. The summed E-state index contributed by atoms with van der Waals surface area (Å²) in [6, 6.07) is 1.26. The lowest BCUT2D eigenvalue weighted by molar-refractivity contribution is 0.0890. The minimum absolute atomic E-state index is 0.245. The van der Waals surface area contributed by atoms with Crippen molar-refractivity contribution in [3.05, 3.63) is 32.6 Å². The van der Waals surface area contributed by atoms with E-state index in [0.717, 1.165) is 30.3 Å². The van der Waals surface area contributed by atoms with Gasteiger partial charge in [0.2, 0.25) is 5.91 Å². The van der Waals surface area contributed by atoms with Gasteiger partial charge in [0, 0.05) is 18.2 Å². The summed E-state index contributed by atoms with van der Waals surface area (Å²) in [6.07, 6.45) is 5.57. The molecule has 0 aliphatic heterocycles. The van der Waals surface area contributed by atoms with Gasteiger partial charge < -0.3 is 0 Å². The highest BCUT2D eigenvalue weighted by Crippen LogP contribution is 2.06. The van der Waals surface area contributed by atoms with E-state index in [1.54, 1.807) is 6.92 Å². The van der Waals surface area contributed by atoms with Gasteiger partial charge in [-0.05, 0) is 13.3 Å². The van der Waals surface area contributed by atoms with Crippen LogP contribution in [0.15, 0.2) is 15.7 Å². The highest BCUT2D eigenvalue weighted by molar-refractivity contribution is 5.79. The third-order valence-corrected chi connectivity index (χ3v) is 2.87. The van der Waals surface area contributed by atoms with Crippen LogP contribution in [-0.2, 0) is 0 Å². The van der Waals surface area contributed by atoms with Gasteiger partial charge in [0.1, 0.15) is 0 Å². The molecule has 0 atom stereocenters. The Morgan fingerprint density at radius 1 is 1.22 bits per heavy atom. The number of unbranched alkanes of at least 4 members (excludes halogenated alkanes) is 4. The topological polar surface area (TPSA) is 71.9 Å². The summed E-state index contributed by atoms with van der Waals surface area (Å²) in [5, 5.41) is 0. The molecule has 100 valence electrons. The average molecular weight is 252 g/mol. The first kappa shape index (κ1) is 14.4. The fourth-order valence-electron chi connectivity index (χ4n) is 1.91. The predicted molar refractivity (Wildman–Crippen MR) is 70.1 cm³/mol. The number of nitrogens with zero attached hydrogens (tertiary/aromatic N) is 1. The second kappa shape index (κ2) is 6.93. The summed E-state index contributed by atoms with van der Waals surface area (Å²) in [4.78, 5) is 36.5. The molecule has 1 aromatic heterocycles. The highest BCUT2D eigenvalue weighted by Gasteiger charge is 2.10. The molecule has 5 nitrogen and oxygen atoms in total. The summed E-state index contributed by atoms with van der Waals surface area (Å²) < 4.78 is 1.04. The van der Waals surface area contributed by atoms with Gasteiger partial charge in [-0.25, -0.2) is 9.36 Å². The maximum absolute atomic E-state index is 11.9. The summed E-state index contributed by atoms with van der Waals surface area (Å²) >= 11 is 0. The van der Waals surface area contributed by atoms with E-state index in [4.69, 9.17) is 0 Å². The molecular weight excluding hydrogens is 232 g/mol. The fraction of sp³-hybridized carbons (Fsp3) is 0.615. The third kappa shape index (κ3) is 3.98. The Bertz CT molecular complexity index is 514. The van der Waals surface area contributed by atoms with Gasteiger partial charge in [0.25, 0.3) is 5.56 Å². The molecule has 0 amide bonds. The van der Waals surface area contributed by atoms with E-state index in [1.165, 1.54) is 12.5 Å². The van der Waals surface area contributed by atoms with Crippen molar-refractivity contribution in [2.45, 2.75) is 52.4 Å². The number of aromatic amines is 1. The monoisotopic (exact) mass is 252 g/mol. The molecular formula is C13H20N2O3. The van der Waals surface area contributed by atoms with Crippen LogP contribution in [0.2, 0.25) is 0 Å². The van der Waals surface area contributed by atoms with Crippen LogP contribution in [0.1, 0.15) is 55.9 Å². The number of nitrogens with one attached hydrogen (secondary N) is 1. The molecule has 0 bridgehead atoms. The van der Waals surface area contributed by atoms with Crippen LogP contribution in [0.5, 0.6) is 0 Å². The summed E-state index contributed by atoms with van der Waals surface area (Å²) in [5.41, 5.74) is -0.717. The number of aryl methyl sites for hydroxylation is 1. The van der Waals surface area contributed by atoms with E-state index in [9.17, 15) is 14.4 Å². The molecule has 0 aliphatic carbocycles. The Morgan fingerprint density at radius 3 is 2.50 bits per heavy atom. The highest BCUT2D eigenvalue weighted by atomic mass is 16.2. The lowest BCUT2D eigenvalue weighted by atomic mass is 10.1. The smallest absolute Gasteiger partial charge is 0.274 e. The zero-order valence-corrected chi connectivity index (χ0v) is 11.0.